The average Bonchev–Trinajstić information content (AvgIpc) is 3.06. The SMILES string of the molecule is CCOCCn1cnc(-c2ccccc2)c1-c1ccc(CC)cn1. The third-order valence-electron chi connectivity index (χ3n) is 4.04. The van der Waals surface area contributed by atoms with Crippen molar-refractivity contribution in [2.75, 3.05) is 13.2 Å². The van der Waals surface area contributed by atoms with Crippen molar-refractivity contribution in [1.29, 1.82) is 0 Å². The predicted octanol–water partition coefficient (Wildman–Crippen LogP) is 4.21. The van der Waals surface area contributed by atoms with Gasteiger partial charge >= 0.3 is 0 Å². The van der Waals surface area contributed by atoms with Gasteiger partial charge in [-0.3, -0.25) is 4.98 Å². The van der Waals surface area contributed by atoms with E-state index in [4.69, 9.17) is 4.74 Å². The molecule has 24 heavy (non-hydrogen) atoms. The first-order valence-electron chi connectivity index (χ1n) is 8.47. The topological polar surface area (TPSA) is 39.9 Å². The van der Waals surface area contributed by atoms with E-state index in [2.05, 4.69) is 45.7 Å². The highest BCUT2D eigenvalue weighted by molar-refractivity contribution is 5.76. The van der Waals surface area contributed by atoms with E-state index in [1.54, 1.807) is 0 Å². The molecule has 0 aliphatic carbocycles. The van der Waals surface area contributed by atoms with E-state index in [1.165, 1.54) is 5.56 Å². The number of nitrogens with zero attached hydrogens (tertiary/aromatic N) is 3. The predicted molar refractivity (Wildman–Crippen MR) is 96.8 cm³/mol. The fourth-order valence-corrected chi connectivity index (χ4v) is 2.71. The molecule has 0 radical (unpaired) electrons. The molecule has 0 fully saturated rings. The van der Waals surface area contributed by atoms with Crippen molar-refractivity contribution in [3.05, 3.63) is 60.6 Å². The van der Waals surface area contributed by atoms with Gasteiger partial charge in [-0.05, 0) is 25.0 Å². The van der Waals surface area contributed by atoms with Gasteiger partial charge in [-0.2, -0.15) is 0 Å². The van der Waals surface area contributed by atoms with Gasteiger partial charge < -0.3 is 9.30 Å². The smallest absolute Gasteiger partial charge is 0.0979 e. The van der Waals surface area contributed by atoms with Crippen LogP contribution >= 0.6 is 0 Å². The zero-order valence-electron chi connectivity index (χ0n) is 14.3. The largest absolute Gasteiger partial charge is 0.380 e. The highest BCUT2D eigenvalue weighted by Crippen LogP contribution is 2.30. The Kier molecular flexibility index (Phi) is 5.39. The molecule has 0 aliphatic heterocycles. The lowest BCUT2D eigenvalue weighted by molar-refractivity contribution is 0.139. The quantitative estimate of drug-likeness (QED) is 0.612. The molecule has 0 spiro atoms. The Morgan fingerprint density at radius 2 is 1.83 bits per heavy atom. The normalized spacial score (nSPS) is 10.9. The second-order valence-corrected chi connectivity index (χ2v) is 5.60. The average molecular weight is 321 g/mol. The molecule has 0 saturated heterocycles. The number of rotatable bonds is 7. The molecule has 1 aromatic carbocycles. The Morgan fingerprint density at radius 1 is 1.00 bits per heavy atom. The highest BCUT2D eigenvalue weighted by Gasteiger charge is 2.15. The highest BCUT2D eigenvalue weighted by atomic mass is 16.5. The molecule has 0 N–H and O–H groups in total. The molecule has 3 aromatic rings. The number of aromatic nitrogens is 3. The molecule has 0 bridgehead atoms. The van der Waals surface area contributed by atoms with Crippen molar-refractivity contribution in [1.82, 2.24) is 14.5 Å². The summed E-state index contributed by atoms with van der Waals surface area (Å²) >= 11 is 0. The van der Waals surface area contributed by atoms with Crippen LogP contribution in [-0.4, -0.2) is 27.7 Å². The lowest BCUT2D eigenvalue weighted by Gasteiger charge is -2.10. The molecule has 0 unspecified atom stereocenters. The maximum absolute atomic E-state index is 5.51. The Bertz CT molecular complexity index is 763. The number of pyridine rings is 1. The minimum Gasteiger partial charge on any atom is -0.380 e. The van der Waals surface area contributed by atoms with Gasteiger partial charge in [-0.25, -0.2) is 4.98 Å². The Hall–Kier alpha value is -2.46. The van der Waals surface area contributed by atoms with Crippen molar-refractivity contribution < 1.29 is 4.74 Å². The van der Waals surface area contributed by atoms with Crippen LogP contribution in [-0.2, 0) is 17.7 Å². The Morgan fingerprint density at radius 3 is 2.50 bits per heavy atom. The van der Waals surface area contributed by atoms with Crippen LogP contribution in [0.3, 0.4) is 0 Å². The zero-order valence-corrected chi connectivity index (χ0v) is 14.3. The van der Waals surface area contributed by atoms with Gasteiger partial charge in [-0.15, -0.1) is 0 Å². The van der Waals surface area contributed by atoms with Gasteiger partial charge in [0.25, 0.3) is 0 Å². The van der Waals surface area contributed by atoms with Gasteiger partial charge in [0, 0.05) is 24.9 Å². The molecule has 2 aromatic heterocycles. The second kappa shape index (κ2) is 7.88. The Balaban J connectivity index is 2.03. The molecule has 124 valence electrons. The number of hydrogen-bond donors (Lipinski definition) is 0. The molecule has 4 heteroatoms. The number of benzene rings is 1. The second-order valence-electron chi connectivity index (χ2n) is 5.60. The summed E-state index contributed by atoms with van der Waals surface area (Å²) in [4.78, 5) is 9.32. The van der Waals surface area contributed by atoms with E-state index >= 15 is 0 Å². The van der Waals surface area contributed by atoms with Crippen LogP contribution in [0.15, 0.2) is 55.0 Å². The van der Waals surface area contributed by atoms with Gasteiger partial charge in [-0.1, -0.05) is 43.3 Å². The summed E-state index contributed by atoms with van der Waals surface area (Å²) in [6, 6.07) is 14.5. The summed E-state index contributed by atoms with van der Waals surface area (Å²) in [6.07, 6.45) is 4.82. The first-order chi connectivity index (χ1) is 11.8. The van der Waals surface area contributed by atoms with Gasteiger partial charge in [0.15, 0.2) is 0 Å². The molecule has 0 amide bonds. The number of aryl methyl sites for hydroxylation is 1. The zero-order chi connectivity index (χ0) is 16.8. The maximum Gasteiger partial charge on any atom is 0.0979 e. The number of hydrogen-bond acceptors (Lipinski definition) is 3. The summed E-state index contributed by atoms with van der Waals surface area (Å²) in [5.74, 6) is 0. The molecule has 4 nitrogen and oxygen atoms in total. The summed E-state index contributed by atoms with van der Waals surface area (Å²) in [5.41, 5.74) is 5.29. The first kappa shape index (κ1) is 16.4. The monoisotopic (exact) mass is 321 g/mol. The van der Waals surface area contributed by atoms with Crippen molar-refractivity contribution >= 4 is 0 Å². The van der Waals surface area contributed by atoms with Crippen molar-refractivity contribution in [2.45, 2.75) is 26.8 Å². The molecule has 0 aliphatic rings. The minimum absolute atomic E-state index is 0.668. The van der Waals surface area contributed by atoms with E-state index in [9.17, 15) is 0 Å². The molecule has 0 saturated carbocycles. The van der Waals surface area contributed by atoms with Crippen LogP contribution in [0.5, 0.6) is 0 Å². The standard InChI is InChI=1S/C20H23N3O/c1-3-16-10-11-18(21-14-16)20-19(17-8-6-5-7-9-17)22-15-23(20)12-13-24-4-2/h5-11,14-15H,3-4,12-13H2,1-2H3. The maximum atomic E-state index is 5.51. The molecular weight excluding hydrogens is 298 g/mol. The van der Waals surface area contributed by atoms with E-state index in [0.717, 1.165) is 42.2 Å². The van der Waals surface area contributed by atoms with Gasteiger partial charge in [0.2, 0.25) is 0 Å². The third kappa shape index (κ3) is 3.54. The number of imidazole rings is 1. The van der Waals surface area contributed by atoms with E-state index < -0.39 is 0 Å². The van der Waals surface area contributed by atoms with Crippen molar-refractivity contribution in [3.63, 3.8) is 0 Å². The lowest BCUT2D eigenvalue weighted by atomic mass is 10.1. The van der Waals surface area contributed by atoms with E-state index in [0.29, 0.717) is 6.61 Å². The van der Waals surface area contributed by atoms with E-state index in [1.807, 2.05) is 37.6 Å². The summed E-state index contributed by atoms with van der Waals surface area (Å²) in [7, 11) is 0. The van der Waals surface area contributed by atoms with Crippen LogP contribution in [0.4, 0.5) is 0 Å². The molecule has 0 atom stereocenters. The molecule has 2 heterocycles. The summed E-state index contributed by atoms with van der Waals surface area (Å²) < 4.78 is 7.64. The molecular formula is C20H23N3O. The van der Waals surface area contributed by atoms with Crippen molar-refractivity contribution in [3.8, 4) is 22.6 Å². The fraction of sp³-hybridized carbons (Fsp3) is 0.300. The van der Waals surface area contributed by atoms with Crippen LogP contribution in [0.25, 0.3) is 22.6 Å². The van der Waals surface area contributed by atoms with Crippen LogP contribution in [0.1, 0.15) is 19.4 Å². The van der Waals surface area contributed by atoms with Crippen LogP contribution < -0.4 is 0 Å². The van der Waals surface area contributed by atoms with Crippen LogP contribution in [0.2, 0.25) is 0 Å². The number of ether oxygens (including phenoxy) is 1. The van der Waals surface area contributed by atoms with Crippen molar-refractivity contribution in [2.24, 2.45) is 0 Å². The third-order valence-corrected chi connectivity index (χ3v) is 4.04. The van der Waals surface area contributed by atoms with Gasteiger partial charge in [0.05, 0.1) is 30.0 Å². The fourth-order valence-electron chi connectivity index (χ4n) is 2.71. The minimum atomic E-state index is 0.668. The van der Waals surface area contributed by atoms with Gasteiger partial charge in [0.1, 0.15) is 0 Å². The molecule has 3 rings (SSSR count). The first-order valence-corrected chi connectivity index (χ1v) is 8.47. The van der Waals surface area contributed by atoms with E-state index in [-0.39, 0.29) is 0 Å². The Labute approximate surface area is 143 Å². The lowest BCUT2D eigenvalue weighted by Crippen LogP contribution is -2.07. The summed E-state index contributed by atoms with van der Waals surface area (Å²) in [6.45, 7) is 6.30. The summed E-state index contributed by atoms with van der Waals surface area (Å²) in [5, 5.41) is 0. The van der Waals surface area contributed by atoms with Crippen LogP contribution in [0, 0.1) is 0 Å².